The molecule has 0 aliphatic rings. The fourth-order valence-electron chi connectivity index (χ4n) is 1.55. The van der Waals surface area contributed by atoms with Crippen LogP contribution in [0.5, 0.6) is 0 Å². The van der Waals surface area contributed by atoms with Crippen molar-refractivity contribution in [1.82, 2.24) is 9.97 Å². The van der Waals surface area contributed by atoms with E-state index in [1.807, 2.05) is 6.92 Å². The van der Waals surface area contributed by atoms with Crippen molar-refractivity contribution < 1.29 is 64.3 Å². The predicted molar refractivity (Wildman–Crippen MR) is 54.2 cm³/mol. The summed E-state index contributed by atoms with van der Waals surface area (Å²) in [5.74, 6) is 0. The molecule has 0 atom stereocenters. The second-order valence-electron chi connectivity index (χ2n) is 3.41. The molecule has 0 fully saturated rings. The maximum atomic E-state index is 12.5. The fourth-order valence-corrected chi connectivity index (χ4v) is 1.55. The molecule has 2 heterocycles. The van der Waals surface area contributed by atoms with Gasteiger partial charge in [-0.3, -0.25) is 0 Å². The summed E-state index contributed by atoms with van der Waals surface area (Å²) in [6.07, 6.45) is 3.26. The number of pyridine rings is 1. The van der Waals surface area contributed by atoms with E-state index in [4.69, 9.17) is 0 Å². The third-order valence-corrected chi connectivity index (χ3v) is 2.40. The van der Waals surface area contributed by atoms with Gasteiger partial charge in [-0.15, -0.1) is 0 Å². The molecule has 16 heavy (non-hydrogen) atoms. The molecule has 0 radical (unpaired) electrons. The SMILES string of the molecule is CCc1c[nH]c2ncc([B-](F)(F)F)cc12.[K+]. The van der Waals surface area contributed by atoms with Gasteiger partial charge >= 0.3 is 58.4 Å². The van der Waals surface area contributed by atoms with Gasteiger partial charge in [0.05, 0.1) is 0 Å². The molecule has 0 aliphatic carbocycles. The summed E-state index contributed by atoms with van der Waals surface area (Å²) in [5, 5.41) is 0.564. The van der Waals surface area contributed by atoms with Crippen LogP contribution >= 0.6 is 0 Å². The van der Waals surface area contributed by atoms with Crippen LogP contribution in [-0.2, 0) is 6.42 Å². The van der Waals surface area contributed by atoms with E-state index in [9.17, 15) is 12.9 Å². The summed E-state index contributed by atoms with van der Waals surface area (Å²) in [6.45, 7) is -3.07. The average Bonchev–Trinajstić information content (AvgIpc) is 2.57. The van der Waals surface area contributed by atoms with Crippen LogP contribution in [0, 0.1) is 0 Å². The number of rotatable bonds is 2. The first-order chi connectivity index (χ1) is 7.02. The molecule has 7 heteroatoms. The van der Waals surface area contributed by atoms with Crippen LogP contribution in [0.15, 0.2) is 18.5 Å². The first kappa shape index (κ1) is 14.2. The standard InChI is InChI=1S/C9H9BF3N2.K/c1-2-6-4-14-9-8(6)3-7(5-15-9)10(11,12)13;/h3-5H,2H2,1H3,(H,14,15);/q-1;+1. The van der Waals surface area contributed by atoms with Crippen LogP contribution in [0.25, 0.3) is 11.0 Å². The normalized spacial score (nSPS) is 11.5. The fraction of sp³-hybridized carbons (Fsp3) is 0.222. The predicted octanol–water partition coefficient (Wildman–Crippen LogP) is -0.816. The van der Waals surface area contributed by atoms with Gasteiger partial charge in [0, 0.05) is 17.8 Å². The molecule has 0 bridgehead atoms. The number of hydrogen-bond acceptors (Lipinski definition) is 1. The van der Waals surface area contributed by atoms with Gasteiger partial charge in [-0.05, 0) is 12.0 Å². The second-order valence-corrected chi connectivity index (χ2v) is 3.41. The molecule has 2 aromatic rings. The summed E-state index contributed by atoms with van der Waals surface area (Å²) in [5.41, 5.74) is 0.729. The zero-order valence-corrected chi connectivity index (χ0v) is 12.2. The van der Waals surface area contributed by atoms with Crippen LogP contribution in [0.1, 0.15) is 12.5 Å². The first-order valence-corrected chi connectivity index (χ1v) is 4.68. The van der Waals surface area contributed by atoms with Crippen molar-refractivity contribution in [3.63, 3.8) is 0 Å². The number of aromatic amines is 1. The molecule has 0 saturated heterocycles. The van der Waals surface area contributed by atoms with Gasteiger partial charge in [-0.25, -0.2) is 4.98 Å². The van der Waals surface area contributed by atoms with Crippen molar-refractivity contribution in [3.05, 3.63) is 24.0 Å². The maximum absolute atomic E-state index is 12.5. The smallest absolute Gasteiger partial charge is 0.445 e. The molecule has 2 nitrogen and oxygen atoms in total. The van der Waals surface area contributed by atoms with E-state index in [2.05, 4.69) is 9.97 Å². The number of aryl methyl sites for hydroxylation is 1. The van der Waals surface area contributed by atoms with Gasteiger partial charge in [0.1, 0.15) is 5.65 Å². The number of halogens is 3. The Bertz CT molecular complexity index is 495. The van der Waals surface area contributed by atoms with Crippen molar-refractivity contribution in [2.45, 2.75) is 13.3 Å². The average molecular weight is 252 g/mol. The minimum absolute atomic E-state index is 0. The molecule has 2 rings (SSSR count). The van der Waals surface area contributed by atoms with Crippen LogP contribution in [0.4, 0.5) is 12.9 Å². The third-order valence-electron chi connectivity index (χ3n) is 2.40. The Morgan fingerprint density at radius 1 is 1.38 bits per heavy atom. The second kappa shape index (κ2) is 5.22. The Kier molecular flexibility index (Phi) is 4.65. The molecule has 80 valence electrons. The van der Waals surface area contributed by atoms with Gasteiger partial charge < -0.3 is 17.9 Å². The number of hydrogen-bond donors (Lipinski definition) is 1. The maximum Gasteiger partial charge on any atom is 1.00 e. The number of nitrogens with zero attached hydrogens (tertiary/aromatic N) is 1. The Hall–Kier alpha value is 0.181. The van der Waals surface area contributed by atoms with Crippen LogP contribution in [-0.4, -0.2) is 16.9 Å². The van der Waals surface area contributed by atoms with E-state index in [0.717, 1.165) is 17.8 Å². The van der Waals surface area contributed by atoms with E-state index < -0.39 is 12.4 Å². The molecular formula is C9H9BF3KN2. The van der Waals surface area contributed by atoms with Crippen LogP contribution in [0.3, 0.4) is 0 Å². The number of H-pyrrole nitrogens is 1. The minimum atomic E-state index is -4.96. The molecule has 2 aromatic heterocycles. The Balaban J connectivity index is 0.00000128. The zero-order chi connectivity index (χ0) is 11.1. The summed E-state index contributed by atoms with van der Waals surface area (Å²) in [7, 11) is 0. The van der Waals surface area contributed by atoms with Gasteiger partial charge in [0.2, 0.25) is 0 Å². The Morgan fingerprint density at radius 3 is 2.62 bits per heavy atom. The molecule has 0 spiro atoms. The molecular weight excluding hydrogens is 243 g/mol. The molecule has 0 saturated carbocycles. The Morgan fingerprint density at radius 2 is 2.06 bits per heavy atom. The van der Waals surface area contributed by atoms with E-state index in [1.54, 1.807) is 6.20 Å². The van der Waals surface area contributed by atoms with Crippen molar-refractivity contribution in [2.24, 2.45) is 0 Å². The summed E-state index contributed by atoms with van der Waals surface area (Å²) in [4.78, 5) is 6.60. The quantitative estimate of drug-likeness (QED) is 0.695. The van der Waals surface area contributed by atoms with E-state index >= 15 is 0 Å². The van der Waals surface area contributed by atoms with Gasteiger partial charge in [0.25, 0.3) is 0 Å². The summed E-state index contributed by atoms with van der Waals surface area (Å²) in [6, 6.07) is 1.16. The number of fused-ring (bicyclic) bond motifs is 1. The minimum Gasteiger partial charge on any atom is -0.445 e. The van der Waals surface area contributed by atoms with Gasteiger partial charge in [-0.1, -0.05) is 18.5 Å². The van der Waals surface area contributed by atoms with E-state index in [0.29, 0.717) is 17.5 Å². The van der Waals surface area contributed by atoms with Crippen LogP contribution in [0.2, 0.25) is 0 Å². The van der Waals surface area contributed by atoms with Gasteiger partial charge in [-0.2, -0.15) is 0 Å². The van der Waals surface area contributed by atoms with Crippen molar-refractivity contribution in [1.29, 1.82) is 0 Å². The van der Waals surface area contributed by atoms with Crippen molar-refractivity contribution in [3.8, 4) is 0 Å². The molecule has 1 N–H and O–H groups in total. The zero-order valence-electron chi connectivity index (χ0n) is 9.10. The topological polar surface area (TPSA) is 28.7 Å². The van der Waals surface area contributed by atoms with E-state index in [1.165, 1.54) is 0 Å². The molecule has 0 aliphatic heterocycles. The number of aromatic nitrogens is 2. The third kappa shape index (κ3) is 2.70. The van der Waals surface area contributed by atoms with Crippen LogP contribution < -0.4 is 56.8 Å². The largest absolute Gasteiger partial charge is 1.00 e. The van der Waals surface area contributed by atoms with Crippen molar-refractivity contribution >= 4 is 23.5 Å². The monoisotopic (exact) mass is 252 g/mol. The summed E-state index contributed by atoms with van der Waals surface area (Å²) < 4.78 is 37.4. The molecule has 0 amide bonds. The van der Waals surface area contributed by atoms with Gasteiger partial charge in [0.15, 0.2) is 0 Å². The molecule has 0 unspecified atom stereocenters. The van der Waals surface area contributed by atoms with E-state index in [-0.39, 0.29) is 51.4 Å². The molecule has 0 aromatic carbocycles. The summed E-state index contributed by atoms with van der Waals surface area (Å²) >= 11 is 0. The number of nitrogens with one attached hydrogen (secondary N) is 1. The Labute approximate surface area is 133 Å². The first-order valence-electron chi connectivity index (χ1n) is 4.68. The van der Waals surface area contributed by atoms with Crippen molar-refractivity contribution in [2.75, 3.05) is 0 Å².